The summed E-state index contributed by atoms with van der Waals surface area (Å²) in [5.74, 6) is 0.686. The third-order valence-corrected chi connectivity index (χ3v) is 7.16. The summed E-state index contributed by atoms with van der Waals surface area (Å²) in [6.45, 7) is 13.9. The molecular weight excluding hydrogens is 478 g/mol. The maximum Gasteiger partial charge on any atom is 0.258 e. The van der Waals surface area contributed by atoms with Gasteiger partial charge in [-0.15, -0.1) is 0 Å². The van der Waals surface area contributed by atoms with Crippen molar-refractivity contribution in [2.24, 2.45) is 0 Å². The molecule has 7 heteroatoms. The summed E-state index contributed by atoms with van der Waals surface area (Å²) in [4.78, 5) is 20.2. The largest absolute Gasteiger partial charge is 0.494 e. The Morgan fingerprint density at radius 1 is 1.03 bits per heavy atom. The fourth-order valence-corrected chi connectivity index (χ4v) is 4.90. The van der Waals surface area contributed by atoms with Gasteiger partial charge in [-0.25, -0.2) is 4.85 Å². The van der Waals surface area contributed by atoms with Gasteiger partial charge in [-0.1, -0.05) is 60.1 Å². The summed E-state index contributed by atoms with van der Waals surface area (Å²) >= 11 is 12.1. The molecule has 1 fully saturated rings. The van der Waals surface area contributed by atoms with E-state index in [9.17, 15) is 4.79 Å². The molecule has 3 aromatic rings. The highest BCUT2D eigenvalue weighted by Crippen LogP contribution is 2.39. The van der Waals surface area contributed by atoms with Crippen molar-refractivity contribution in [1.29, 1.82) is 0 Å². The van der Waals surface area contributed by atoms with Crippen LogP contribution in [0.25, 0.3) is 16.0 Å². The molecule has 0 unspecified atom stereocenters. The molecule has 178 valence electrons. The number of hydrogen-bond donors (Lipinski definition) is 0. The van der Waals surface area contributed by atoms with E-state index in [4.69, 9.17) is 35.1 Å². The summed E-state index contributed by atoms with van der Waals surface area (Å²) < 4.78 is 5.94. The lowest BCUT2D eigenvalue weighted by molar-refractivity contribution is -0.123. The number of carbonyl (C=O) groups is 1. The minimum atomic E-state index is -0.800. The van der Waals surface area contributed by atoms with Crippen molar-refractivity contribution in [3.8, 4) is 16.9 Å². The highest BCUT2D eigenvalue weighted by molar-refractivity contribution is 7.80. The Hall–Kier alpha value is -3.40. The van der Waals surface area contributed by atoms with Gasteiger partial charge in [-0.3, -0.25) is 9.69 Å². The van der Waals surface area contributed by atoms with Crippen LogP contribution in [0.4, 0.5) is 11.4 Å². The first-order chi connectivity index (χ1) is 16.8. The number of halogens is 1. The maximum atomic E-state index is 13.3. The minimum absolute atomic E-state index is 0.116. The molecule has 4 rings (SSSR count). The van der Waals surface area contributed by atoms with E-state index in [0.29, 0.717) is 46.6 Å². The zero-order valence-electron chi connectivity index (χ0n) is 19.9. The SMILES string of the molecule is [C-]#[N+]c1ccc(N2C(=O)C(C)(C)N(CCCOc3ccc(-c4ccccc4)cc3)C2=S)c(C)c1Cl. The number of amides is 1. The molecule has 0 atom stereocenters. The van der Waals surface area contributed by atoms with Gasteiger partial charge in [0.25, 0.3) is 5.91 Å². The fraction of sp³-hybridized carbons (Fsp3) is 0.250. The summed E-state index contributed by atoms with van der Waals surface area (Å²) in [6, 6.07) is 21.6. The first-order valence-electron chi connectivity index (χ1n) is 11.4. The van der Waals surface area contributed by atoms with Crippen molar-refractivity contribution in [2.75, 3.05) is 18.1 Å². The van der Waals surface area contributed by atoms with Crippen LogP contribution in [0.15, 0.2) is 66.7 Å². The van der Waals surface area contributed by atoms with Crippen molar-refractivity contribution >= 4 is 46.2 Å². The molecule has 35 heavy (non-hydrogen) atoms. The number of hydrogen-bond acceptors (Lipinski definition) is 3. The van der Waals surface area contributed by atoms with Gasteiger partial charge >= 0.3 is 0 Å². The van der Waals surface area contributed by atoms with Crippen LogP contribution in [0.5, 0.6) is 5.75 Å². The Morgan fingerprint density at radius 2 is 1.69 bits per heavy atom. The lowest BCUT2D eigenvalue weighted by Crippen LogP contribution is -2.44. The molecule has 0 aromatic heterocycles. The highest BCUT2D eigenvalue weighted by Gasteiger charge is 2.49. The molecule has 0 bridgehead atoms. The number of anilines is 1. The van der Waals surface area contributed by atoms with Gasteiger partial charge in [0.05, 0.1) is 23.9 Å². The second kappa shape index (κ2) is 10.1. The minimum Gasteiger partial charge on any atom is -0.494 e. The van der Waals surface area contributed by atoms with Crippen molar-refractivity contribution in [3.05, 3.63) is 88.7 Å². The number of benzene rings is 3. The summed E-state index contributed by atoms with van der Waals surface area (Å²) in [5, 5.41) is 0.776. The molecule has 5 nitrogen and oxygen atoms in total. The lowest BCUT2D eigenvalue weighted by atomic mass is 10.0. The molecule has 3 aromatic carbocycles. The third-order valence-electron chi connectivity index (χ3n) is 6.28. The van der Waals surface area contributed by atoms with E-state index in [-0.39, 0.29) is 5.91 Å². The van der Waals surface area contributed by atoms with Crippen LogP contribution in [0.2, 0.25) is 5.02 Å². The van der Waals surface area contributed by atoms with Crippen LogP contribution in [0.3, 0.4) is 0 Å². The molecule has 1 aliphatic heterocycles. The molecule has 0 radical (unpaired) electrons. The monoisotopic (exact) mass is 503 g/mol. The van der Waals surface area contributed by atoms with Gasteiger partial charge in [0.2, 0.25) is 5.69 Å². The second-order valence-electron chi connectivity index (χ2n) is 8.88. The smallest absolute Gasteiger partial charge is 0.258 e. The first kappa shape index (κ1) is 24.7. The fourth-order valence-electron chi connectivity index (χ4n) is 4.20. The summed E-state index contributed by atoms with van der Waals surface area (Å²) in [7, 11) is 0. The molecule has 1 amide bonds. The number of ether oxygens (including phenoxy) is 1. The number of thiocarbonyl (C=S) groups is 1. The van der Waals surface area contributed by atoms with Crippen molar-refractivity contribution in [2.45, 2.75) is 32.7 Å². The predicted octanol–water partition coefficient (Wildman–Crippen LogP) is 7.05. The predicted molar refractivity (Wildman–Crippen MR) is 145 cm³/mol. The quantitative estimate of drug-likeness (QED) is 0.197. The standard InChI is InChI=1S/C28H26ClN3O2S/c1-19-24(16-15-23(30-4)25(19)29)32-26(33)28(2,3)31(27(32)35)17-8-18-34-22-13-11-21(12-14-22)20-9-6-5-7-10-20/h5-7,9-16H,8,17-18H2,1-3H3. The van der Waals surface area contributed by atoms with E-state index < -0.39 is 5.54 Å². The molecule has 1 heterocycles. The van der Waals surface area contributed by atoms with E-state index >= 15 is 0 Å². The Balaban J connectivity index is 1.40. The van der Waals surface area contributed by atoms with Gasteiger partial charge in [0, 0.05) is 6.54 Å². The molecule has 1 aliphatic rings. The highest BCUT2D eigenvalue weighted by atomic mass is 35.5. The lowest BCUT2D eigenvalue weighted by Gasteiger charge is -2.29. The second-order valence-corrected chi connectivity index (χ2v) is 9.62. The van der Waals surface area contributed by atoms with Gasteiger partial charge in [0.15, 0.2) is 5.11 Å². The molecule has 0 N–H and O–H groups in total. The molecule has 0 spiro atoms. The zero-order valence-corrected chi connectivity index (χ0v) is 21.5. The number of carbonyl (C=O) groups excluding carboxylic acids is 1. The van der Waals surface area contributed by atoms with Crippen LogP contribution >= 0.6 is 23.8 Å². The van der Waals surface area contributed by atoms with Crippen LogP contribution < -0.4 is 9.64 Å². The van der Waals surface area contributed by atoms with Gasteiger partial charge in [0.1, 0.15) is 11.3 Å². The normalized spacial score (nSPS) is 14.8. The maximum absolute atomic E-state index is 13.3. The average molecular weight is 504 g/mol. The summed E-state index contributed by atoms with van der Waals surface area (Å²) in [6.07, 6.45) is 0.696. The van der Waals surface area contributed by atoms with E-state index in [0.717, 1.165) is 11.3 Å². The summed E-state index contributed by atoms with van der Waals surface area (Å²) in [5.41, 5.74) is 3.14. The Morgan fingerprint density at radius 3 is 2.34 bits per heavy atom. The van der Waals surface area contributed by atoms with Crippen molar-refractivity contribution in [1.82, 2.24) is 4.90 Å². The van der Waals surface area contributed by atoms with E-state index in [2.05, 4.69) is 17.0 Å². The van der Waals surface area contributed by atoms with Crippen molar-refractivity contribution in [3.63, 3.8) is 0 Å². The Bertz CT molecular complexity index is 1300. The van der Waals surface area contributed by atoms with Gasteiger partial charge in [-0.2, -0.15) is 0 Å². The third kappa shape index (κ3) is 4.75. The van der Waals surface area contributed by atoms with E-state index in [1.807, 2.05) is 61.2 Å². The molecule has 1 saturated heterocycles. The van der Waals surface area contributed by atoms with Crippen LogP contribution in [0, 0.1) is 13.5 Å². The van der Waals surface area contributed by atoms with Crippen LogP contribution in [0.1, 0.15) is 25.8 Å². The molecule has 0 saturated carbocycles. The van der Waals surface area contributed by atoms with Crippen molar-refractivity contribution < 1.29 is 9.53 Å². The Kier molecular flexibility index (Phi) is 7.11. The molecular formula is C28H26ClN3O2S. The number of rotatable bonds is 7. The average Bonchev–Trinajstić information content (AvgIpc) is 3.03. The number of nitrogens with zero attached hydrogens (tertiary/aromatic N) is 3. The Labute approximate surface area is 216 Å². The first-order valence-corrected chi connectivity index (χ1v) is 12.2. The van der Waals surface area contributed by atoms with E-state index in [1.54, 1.807) is 19.1 Å². The molecule has 0 aliphatic carbocycles. The van der Waals surface area contributed by atoms with E-state index in [1.165, 1.54) is 10.5 Å². The van der Waals surface area contributed by atoms with Gasteiger partial charge in [-0.05, 0) is 74.3 Å². The zero-order chi connectivity index (χ0) is 25.2. The van der Waals surface area contributed by atoms with Crippen LogP contribution in [-0.4, -0.2) is 34.6 Å². The van der Waals surface area contributed by atoms with Gasteiger partial charge < -0.3 is 9.64 Å². The topological polar surface area (TPSA) is 37.1 Å². The van der Waals surface area contributed by atoms with Crippen LogP contribution in [-0.2, 0) is 4.79 Å².